The second-order valence-corrected chi connectivity index (χ2v) is 6.07. The highest BCUT2D eigenvalue weighted by molar-refractivity contribution is 5.59. The minimum absolute atomic E-state index is 0.383. The molecule has 2 aromatic carbocycles. The lowest BCUT2D eigenvalue weighted by Crippen LogP contribution is -2.33. The summed E-state index contributed by atoms with van der Waals surface area (Å²) in [5.41, 5.74) is 4.98. The molecule has 23 heavy (non-hydrogen) atoms. The number of fused-ring (bicyclic) bond motifs is 1. The van der Waals surface area contributed by atoms with Crippen LogP contribution in [0.15, 0.2) is 66.7 Å². The first-order chi connectivity index (χ1) is 11.4. The van der Waals surface area contributed by atoms with E-state index in [2.05, 4.69) is 70.7 Å². The van der Waals surface area contributed by atoms with Crippen LogP contribution in [0.25, 0.3) is 11.3 Å². The molecular weight excluding hydrogens is 282 g/mol. The predicted molar refractivity (Wildman–Crippen MR) is 93.2 cm³/mol. The molecule has 3 heteroatoms. The van der Waals surface area contributed by atoms with Crippen LogP contribution in [-0.4, -0.2) is 16.3 Å². The maximum Gasteiger partial charge on any atom is 0.0926 e. The van der Waals surface area contributed by atoms with Crippen molar-refractivity contribution in [2.24, 2.45) is 0 Å². The summed E-state index contributed by atoms with van der Waals surface area (Å²) >= 11 is 0. The molecule has 0 spiro atoms. The predicted octanol–water partition coefficient (Wildman–Crippen LogP) is 3.83. The summed E-state index contributed by atoms with van der Waals surface area (Å²) in [7, 11) is 0. The highest BCUT2D eigenvalue weighted by Crippen LogP contribution is 2.27. The second-order valence-electron chi connectivity index (χ2n) is 6.07. The Morgan fingerprint density at radius 1 is 1.00 bits per heavy atom. The zero-order valence-corrected chi connectivity index (χ0v) is 13.2. The fourth-order valence-electron chi connectivity index (χ4n) is 3.30. The number of aromatic nitrogens is 2. The number of nitrogens with zero attached hydrogens (tertiary/aromatic N) is 2. The lowest BCUT2D eigenvalue weighted by molar-refractivity contribution is 0.385. The van der Waals surface area contributed by atoms with Crippen LogP contribution in [0.2, 0.25) is 0 Å². The zero-order chi connectivity index (χ0) is 15.5. The highest BCUT2D eigenvalue weighted by atomic mass is 15.3. The molecule has 1 aliphatic heterocycles. The van der Waals surface area contributed by atoms with Crippen molar-refractivity contribution in [2.75, 3.05) is 6.54 Å². The molecule has 0 radical (unpaired) electrons. The van der Waals surface area contributed by atoms with Gasteiger partial charge in [0.25, 0.3) is 0 Å². The van der Waals surface area contributed by atoms with Gasteiger partial charge in [0.2, 0.25) is 0 Å². The Bertz CT molecular complexity index is 762. The number of benzene rings is 2. The van der Waals surface area contributed by atoms with Crippen molar-refractivity contribution in [1.29, 1.82) is 0 Å². The molecule has 0 aliphatic carbocycles. The summed E-state index contributed by atoms with van der Waals surface area (Å²) in [6.07, 6.45) is 2.19. The summed E-state index contributed by atoms with van der Waals surface area (Å²) in [5, 5.41) is 8.45. The smallest absolute Gasteiger partial charge is 0.0926 e. The van der Waals surface area contributed by atoms with E-state index in [4.69, 9.17) is 5.10 Å². The molecule has 3 aromatic rings. The minimum atomic E-state index is 0.383. The van der Waals surface area contributed by atoms with Crippen molar-refractivity contribution in [1.82, 2.24) is 15.1 Å². The average molecular weight is 303 g/mol. The van der Waals surface area contributed by atoms with Crippen LogP contribution in [-0.2, 0) is 13.0 Å². The van der Waals surface area contributed by atoms with Crippen molar-refractivity contribution in [2.45, 2.75) is 25.4 Å². The first-order valence-electron chi connectivity index (χ1n) is 8.30. The third kappa shape index (κ3) is 3.06. The van der Waals surface area contributed by atoms with Gasteiger partial charge in [0.1, 0.15) is 0 Å². The maximum absolute atomic E-state index is 4.80. The van der Waals surface area contributed by atoms with Gasteiger partial charge in [-0.1, -0.05) is 60.7 Å². The summed E-state index contributed by atoms with van der Waals surface area (Å²) in [6, 6.07) is 23.8. The zero-order valence-electron chi connectivity index (χ0n) is 13.2. The van der Waals surface area contributed by atoms with E-state index in [9.17, 15) is 0 Å². The molecule has 116 valence electrons. The third-order valence-corrected chi connectivity index (χ3v) is 4.52. The molecule has 0 saturated carbocycles. The number of rotatable bonds is 4. The van der Waals surface area contributed by atoms with Gasteiger partial charge in [-0.15, -0.1) is 0 Å². The third-order valence-electron chi connectivity index (χ3n) is 4.52. The van der Waals surface area contributed by atoms with Crippen LogP contribution in [0.4, 0.5) is 0 Å². The Labute approximate surface area is 137 Å². The molecule has 3 nitrogen and oxygen atoms in total. The first kappa shape index (κ1) is 14.2. The SMILES string of the molecule is c1ccc(CC[C@@H]2NCCn3nc(-c4ccccc4)cc32)cc1. The lowest BCUT2D eigenvalue weighted by Gasteiger charge is -2.25. The maximum atomic E-state index is 4.80. The van der Waals surface area contributed by atoms with Gasteiger partial charge in [-0.2, -0.15) is 5.10 Å². The van der Waals surface area contributed by atoms with E-state index >= 15 is 0 Å². The Morgan fingerprint density at radius 3 is 2.52 bits per heavy atom. The van der Waals surface area contributed by atoms with E-state index in [0.717, 1.165) is 31.6 Å². The molecule has 0 saturated heterocycles. The Morgan fingerprint density at radius 2 is 1.74 bits per heavy atom. The summed E-state index contributed by atoms with van der Waals surface area (Å²) in [4.78, 5) is 0. The van der Waals surface area contributed by atoms with Crippen LogP contribution in [0.5, 0.6) is 0 Å². The van der Waals surface area contributed by atoms with Crippen molar-refractivity contribution < 1.29 is 0 Å². The van der Waals surface area contributed by atoms with Crippen LogP contribution in [0, 0.1) is 0 Å². The molecule has 1 aromatic heterocycles. The van der Waals surface area contributed by atoms with E-state index in [0.29, 0.717) is 6.04 Å². The minimum Gasteiger partial charge on any atom is -0.307 e. The lowest BCUT2D eigenvalue weighted by atomic mass is 10.0. The van der Waals surface area contributed by atoms with E-state index in [1.807, 2.05) is 6.07 Å². The number of hydrogen-bond acceptors (Lipinski definition) is 2. The standard InChI is InChI=1S/C20H21N3/c1-3-7-16(8-4-1)11-12-18-20-15-19(17-9-5-2-6-10-17)22-23(20)14-13-21-18/h1-10,15,18,21H,11-14H2/t18-/m0/s1. The molecule has 4 rings (SSSR count). The van der Waals surface area contributed by atoms with E-state index in [-0.39, 0.29) is 0 Å². The van der Waals surface area contributed by atoms with Crippen LogP contribution >= 0.6 is 0 Å². The number of nitrogens with one attached hydrogen (secondary N) is 1. The molecule has 2 heterocycles. The monoisotopic (exact) mass is 303 g/mol. The van der Waals surface area contributed by atoms with Crippen molar-refractivity contribution in [3.05, 3.63) is 78.0 Å². The molecule has 0 fully saturated rings. The molecule has 1 atom stereocenters. The van der Waals surface area contributed by atoms with Gasteiger partial charge in [-0.3, -0.25) is 4.68 Å². The van der Waals surface area contributed by atoms with Gasteiger partial charge >= 0.3 is 0 Å². The van der Waals surface area contributed by atoms with Gasteiger partial charge < -0.3 is 5.32 Å². The van der Waals surface area contributed by atoms with Crippen molar-refractivity contribution in [3.8, 4) is 11.3 Å². The fraction of sp³-hybridized carbons (Fsp3) is 0.250. The largest absolute Gasteiger partial charge is 0.307 e. The summed E-state index contributed by atoms with van der Waals surface area (Å²) in [6.45, 7) is 1.94. The van der Waals surface area contributed by atoms with E-state index in [1.54, 1.807) is 0 Å². The van der Waals surface area contributed by atoms with E-state index < -0.39 is 0 Å². The Kier molecular flexibility index (Phi) is 3.95. The van der Waals surface area contributed by atoms with Crippen molar-refractivity contribution in [3.63, 3.8) is 0 Å². The Hall–Kier alpha value is -2.39. The quantitative estimate of drug-likeness (QED) is 0.794. The van der Waals surface area contributed by atoms with Crippen molar-refractivity contribution >= 4 is 0 Å². The van der Waals surface area contributed by atoms with Gasteiger partial charge in [0.05, 0.1) is 17.9 Å². The van der Waals surface area contributed by atoms with Gasteiger partial charge in [-0.25, -0.2) is 0 Å². The fourth-order valence-corrected chi connectivity index (χ4v) is 3.30. The van der Waals surface area contributed by atoms with Crippen LogP contribution in [0.3, 0.4) is 0 Å². The molecule has 1 aliphatic rings. The normalized spacial score (nSPS) is 17.0. The summed E-state index contributed by atoms with van der Waals surface area (Å²) < 4.78 is 2.18. The van der Waals surface area contributed by atoms with Gasteiger partial charge in [0, 0.05) is 18.2 Å². The molecule has 0 bridgehead atoms. The molecule has 0 amide bonds. The average Bonchev–Trinajstić information content (AvgIpc) is 3.06. The highest BCUT2D eigenvalue weighted by Gasteiger charge is 2.22. The van der Waals surface area contributed by atoms with Gasteiger partial charge in [0.15, 0.2) is 0 Å². The van der Waals surface area contributed by atoms with E-state index in [1.165, 1.54) is 16.8 Å². The first-order valence-corrected chi connectivity index (χ1v) is 8.30. The molecular formula is C20H21N3. The summed E-state index contributed by atoms with van der Waals surface area (Å²) in [5.74, 6) is 0. The Balaban J connectivity index is 1.55. The molecule has 0 unspecified atom stereocenters. The number of aryl methyl sites for hydroxylation is 1. The topological polar surface area (TPSA) is 29.9 Å². The second kappa shape index (κ2) is 6.39. The van der Waals surface area contributed by atoms with Gasteiger partial charge in [-0.05, 0) is 24.5 Å². The number of hydrogen-bond donors (Lipinski definition) is 1. The van der Waals surface area contributed by atoms with Crippen LogP contribution < -0.4 is 5.32 Å². The van der Waals surface area contributed by atoms with Crippen LogP contribution in [0.1, 0.15) is 23.7 Å². The molecule has 1 N–H and O–H groups in total.